The molecule has 96 valence electrons. The molecule has 0 aliphatic carbocycles. The smallest absolute Gasteiger partial charge is 0.0220 e. The van der Waals surface area contributed by atoms with Gasteiger partial charge in [0.05, 0.1) is 0 Å². The second kappa shape index (κ2) is 8.67. The lowest BCUT2D eigenvalue weighted by atomic mass is 10.2. The Hall–Kier alpha value is -0.380. The van der Waals surface area contributed by atoms with Crippen molar-refractivity contribution in [2.75, 3.05) is 26.2 Å². The van der Waals surface area contributed by atoms with E-state index >= 15 is 0 Å². The van der Waals surface area contributed by atoms with Crippen molar-refractivity contribution in [2.24, 2.45) is 0 Å². The number of nitrogens with one attached hydrogen (secondary N) is 1. The number of rotatable bonds is 8. The fraction of sp³-hybridized carbons (Fsp3) is 0.571. The van der Waals surface area contributed by atoms with Crippen molar-refractivity contribution < 1.29 is 0 Å². The molecule has 0 spiro atoms. The number of halogens is 1. The maximum atomic E-state index is 3.56. The summed E-state index contributed by atoms with van der Waals surface area (Å²) in [4.78, 5) is 2.46. The van der Waals surface area contributed by atoms with E-state index in [2.05, 4.69) is 58.2 Å². The lowest BCUT2D eigenvalue weighted by Crippen LogP contribution is -2.27. The van der Waals surface area contributed by atoms with Gasteiger partial charge in [-0.15, -0.1) is 0 Å². The minimum absolute atomic E-state index is 0.944. The van der Waals surface area contributed by atoms with E-state index in [1.165, 1.54) is 23.0 Å². The summed E-state index contributed by atoms with van der Waals surface area (Å²) in [6.45, 7) is 9.96. The molecular formula is C14H23BrN2. The lowest BCUT2D eigenvalue weighted by Gasteiger charge is -2.17. The molecule has 0 aromatic heterocycles. The molecule has 2 nitrogen and oxygen atoms in total. The Bertz CT molecular complexity index is 311. The molecule has 0 heterocycles. The van der Waals surface area contributed by atoms with Crippen LogP contribution in [0.5, 0.6) is 0 Å². The average molecular weight is 299 g/mol. The van der Waals surface area contributed by atoms with Crippen LogP contribution in [0.25, 0.3) is 0 Å². The van der Waals surface area contributed by atoms with Crippen LogP contribution in [0.15, 0.2) is 28.7 Å². The molecule has 1 N–H and O–H groups in total. The molecule has 0 unspecified atom stereocenters. The standard InChI is InChI=1S/C14H23BrN2/c1-3-17(4-2)11-7-10-16-12-13-8-5-6-9-14(13)15/h5-6,8-9,16H,3-4,7,10-12H2,1-2H3. The molecule has 0 aliphatic rings. The van der Waals surface area contributed by atoms with Crippen LogP contribution in [0.4, 0.5) is 0 Å². The first-order valence-electron chi connectivity index (χ1n) is 6.44. The van der Waals surface area contributed by atoms with Crippen molar-refractivity contribution in [3.8, 4) is 0 Å². The SMILES string of the molecule is CCN(CC)CCCNCc1ccccc1Br. The largest absolute Gasteiger partial charge is 0.313 e. The minimum atomic E-state index is 0.944. The Labute approximate surface area is 114 Å². The van der Waals surface area contributed by atoms with Gasteiger partial charge in [-0.05, 0) is 44.2 Å². The molecule has 1 rings (SSSR count). The van der Waals surface area contributed by atoms with Crippen molar-refractivity contribution in [1.82, 2.24) is 10.2 Å². The fourth-order valence-corrected chi connectivity index (χ4v) is 2.26. The molecule has 0 aliphatic heterocycles. The lowest BCUT2D eigenvalue weighted by molar-refractivity contribution is 0.298. The molecular weight excluding hydrogens is 276 g/mol. The van der Waals surface area contributed by atoms with Crippen molar-refractivity contribution in [2.45, 2.75) is 26.8 Å². The summed E-state index contributed by atoms with van der Waals surface area (Å²) < 4.78 is 1.19. The summed E-state index contributed by atoms with van der Waals surface area (Å²) in [5, 5.41) is 3.49. The van der Waals surface area contributed by atoms with Gasteiger partial charge >= 0.3 is 0 Å². The predicted octanol–water partition coefficient (Wildman–Crippen LogP) is 3.27. The van der Waals surface area contributed by atoms with Gasteiger partial charge in [0.25, 0.3) is 0 Å². The number of nitrogens with zero attached hydrogens (tertiary/aromatic N) is 1. The summed E-state index contributed by atoms with van der Waals surface area (Å²) >= 11 is 3.56. The zero-order chi connectivity index (χ0) is 12.5. The molecule has 0 saturated heterocycles. The Balaban J connectivity index is 2.14. The van der Waals surface area contributed by atoms with Crippen LogP contribution < -0.4 is 5.32 Å². The van der Waals surface area contributed by atoms with Gasteiger partial charge in [0.2, 0.25) is 0 Å². The van der Waals surface area contributed by atoms with Crippen molar-refractivity contribution in [3.05, 3.63) is 34.3 Å². The summed E-state index contributed by atoms with van der Waals surface area (Å²) in [6.07, 6.45) is 1.21. The highest BCUT2D eigenvalue weighted by Gasteiger charge is 1.99. The van der Waals surface area contributed by atoms with Gasteiger partial charge in [-0.1, -0.05) is 48.0 Å². The van der Waals surface area contributed by atoms with E-state index in [4.69, 9.17) is 0 Å². The van der Waals surface area contributed by atoms with E-state index in [0.29, 0.717) is 0 Å². The molecule has 1 aromatic carbocycles. The highest BCUT2D eigenvalue weighted by molar-refractivity contribution is 9.10. The Morgan fingerprint density at radius 1 is 1.18 bits per heavy atom. The van der Waals surface area contributed by atoms with Crippen LogP contribution >= 0.6 is 15.9 Å². The van der Waals surface area contributed by atoms with E-state index in [9.17, 15) is 0 Å². The quantitative estimate of drug-likeness (QED) is 0.741. The fourth-order valence-electron chi connectivity index (χ4n) is 1.83. The van der Waals surface area contributed by atoms with Crippen molar-refractivity contribution >= 4 is 15.9 Å². The van der Waals surface area contributed by atoms with Gasteiger partial charge in [0, 0.05) is 11.0 Å². The topological polar surface area (TPSA) is 15.3 Å². The van der Waals surface area contributed by atoms with E-state index < -0.39 is 0 Å². The summed E-state index contributed by atoms with van der Waals surface area (Å²) in [6, 6.07) is 8.38. The number of benzene rings is 1. The molecule has 0 amide bonds. The van der Waals surface area contributed by atoms with Gasteiger partial charge in [-0.3, -0.25) is 0 Å². The molecule has 3 heteroatoms. The molecule has 0 bridgehead atoms. The third-order valence-electron chi connectivity index (χ3n) is 3.00. The first-order valence-corrected chi connectivity index (χ1v) is 7.23. The summed E-state index contributed by atoms with van der Waals surface area (Å²) in [7, 11) is 0. The van der Waals surface area contributed by atoms with E-state index in [1.54, 1.807) is 0 Å². The first kappa shape index (κ1) is 14.7. The molecule has 0 radical (unpaired) electrons. The molecule has 1 aromatic rings. The van der Waals surface area contributed by atoms with Crippen LogP contribution in [-0.4, -0.2) is 31.1 Å². The zero-order valence-electron chi connectivity index (χ0n) is 10.9. The van der Waals surface area contributed by atoms with Crippen LogP contribution in [0, 0.1) is 0 Å². The second-order valence-corrected chi connectivity index (χ2v) is 5.00. The van der Waals surface area contributed by atoms with Gasteiger partial charge < -0.3 is 10.2 Å². The van der Waals surface area contributed by atoms with Crippen LogP contribution in [0.1, 0.15) is 25.8 Å². The van der Waals surface area contributed by atoms with Crippen LogP contribution in [0.2, 0.25) is 0 Å². The van der Waals surface area contributed by atoms with Crippen molar-refractivity contribution in [3.63, 3.8) is 0 Å². The first-order chi connectivity index (χ1) is 8.27. The molecule has 0 fully saturated rings. The highest BCUT2D eigenvalue weighted by Crippen LogP contribution is 2.15. The van der Waals surface area contributed by atoms with Gasteiger partial charge in [0.15, 0.2) is 0 Å². The van der Waals surface area contributed by atoms with Gasteiger partial charge in [0.1, 0.15) is 0 Å². The third kappa shape index (κ3) is 5.66. The molecule has 17 heavy (non-hydrogen) atoms. The zero-order valence-corrected chi connectivity index (χ0v) is 12.5. The normalized spacial score (nSPS) is 11.1. The average Bonchev–Trinajstić information content (AvgIpc) is 2.36. The van der Waals surface area contributed by atoms with Crippen LogP contribution in [-0.2, 0) is 6.54 Å². The maximum Gasteiger partial charge on any atom is 0.0220 e. The number of hydrogen-bond donors (Lipinski definition) is 1. The highest BCUT2D eigenvalue weighted by atomic mass is 79.9. The van der Waals surface area contributed by atoms with E-state index in [1.807, 2.05) is 6.07 Å². The van der Waals surface area contributed by atoms with Gasteiger partial charge in [-0.25, -0.2) is 0 Å². The summed E-state index contributed by atoms with van der Waals surface area (Å²) in [5.41, 5.74) is 1.33. The second-order valence-electron chi connectivity index (χ2n) is 4.15. The van der Waals surface area contributed by atoms with E-state index in [-0.39, 0.29) is 0 Å². The Morgan fingerprint density at radius 3 is 2.53 bits per heavy atom. The third-order valence-corrected chi connectivity index (χ3v) is 3.77. The van der Waals surface area contributed by atoms with Crippen LogP contribution in [0.3, 0.4) is 0 Å². The van der Waals surface area contributed by atoms with Gasteiger partial charge in [-0.2, -0.15) is 0 Å². The minimum Gasteiger partial charge on any atom is -0.313 e. The Kier molecular flexibility index (Phi) is 7.49. The molecule has 0 saturated carbocycles. The van der Waals surface area contributed by atoms with E-state index in [0.717, 1.165) is 26.2 Å². The maximum absolute atomic E-state index is 3.56. The summed E-state index contributed by atoms with van der Waals surface area (Å²) in [5.74, 6) is 0. The molecule has 0 atom stereocenters. The monoisotopic (exact) mass is 298 g/mol. The Morgan fingerprint density at radius 2 is 1.88 bits per heavy atom. The van der Waals surface area contributed by atoms with Crippen molar-refractivity contribution in [1.29, 1.82) is 0 Å². The predicted molar refractivity (Wildman–Crippen MR) is 78.3 cm³/mol. The number of hydrogen-bond acceptors (Lipinski definition) is 2.